The summed E-state index contributed by atoms with van der Waals surface area (Å²) in [7, 11) is 2.20. The van der Waals surface area contributed by atoms with E-state index in [-0.39, 0.29) is 5.91 Å². The molecule has 2 aliphatic rings. The molecule has 0 radical (unpaired) electrons. The van der Waals surface area contributed by atoms with Crippen molar-refractivity contribution in [3.05, 3.63) is 30.2 Å². The number of likely N-dealkylation sites (tertiary alicyclic amines) is 1. The fraction of sp³-hybridized carbons (Fsp3) is 0.609. The van der Waals surface area contributed by atoms with Crippen LogP contribution in [0.15, 0.2) is 28.8 Å². The van der Waals surface area contributed by atoms with E-state index in [4.69, 9.17) is 9.26 Å². The van der Waals surface area contributed by atoms with Gasteiger partial charge < -0.3 is 19.1 Å². The molecular weight excluding hydrogens is 394 g/mol. The average molecular weight is 428 g/mol. The molecule has 0 spiro atoms. The first-order valence-electron chi connectivity index (χ1n) is 11.4. The monoisotopic (exact) mass is 427 g/mol. The molecule has 3 heterocycles. The second-order valence-corrected chi connectivity index (χ2v) is 8.44. The Kier molecular flexibility index (Phi) is 7.19. The average Bonchev–Trinajstić information content (AvgIpc) is 3.27. The third kappa shape index (κ3) is 5.62. The van der Waals surface area contributed by atoms with Crippen molar-refractivity contribution in [3.63, 3.8) is 0 Å². The lowest BCUT2D eigenvalue weighted by Gasteiger charge is -2.42. The Bertz CT molecular complexity index is 845. The topological polar surface area (TPSA) is 74.9 Å². The zero-order valence-electron chi connectivity index (χ0n) is 18.6. The maximum Gasteiger partial charge on any atom is 0.227 e. The number of piperazine rings is 1. The van der Waals surface area contributed by atoms with Crippen LogP contribution in [-0.4, -0.2) is 89.7 Å². The first kappa shape index (κ1) is 21.8. The molecule has 2 fully saturated rings. The predicted molar refractivity (Wildman–Crippen MR) is 118 cm³/mol. The van der Waals surface area contributed by atoms with Crippen molar-refractivity contribution in [2.75, 3.05) is 52.9 Å². The van der Waals surface area contributed by atoms with Gasteiger partial charge in [-0.15, -0.1) is 0 Å². The van der Waals surface area contributed by atoms with Crippen LogP contribution >= 0.6 is 0 Å². The van der Waals surface area contributed by atoms with E-state index >= 15 is 0 Å². The Morgan fingerprint density at radius 2 is 1.94 bits per heavy atom. The summed E-state index contributed by atoms with van der Waals surface area (Å²) in [6, 6.07) is 8.24. The molecule has 8 nitrogen and oxygen atoms in total. The van der Waals surface area contributed by atoms with Gasteiger partial charge in [-0.25, -0.2) is 0 Å². The molecule has 0 bridgehead atoms. The molecule has 1 unspecified atom stereocenters. The van der Waals surface area contributed by atoms with Crippen LogP contribution in [-0.2, 0) is 11.2 Å². The van der Waals surface area contributed by atoms with Gasteiger partial charge in [-0.05, 0) is 57.6 Å². The molecule has 2 aromatic rings. The third-order valence-electron chi connectivity index (χ3n) is 6.23. The molecule has 168 valence electrons. The van der Waals surface area contributed by atoms with Crippen LogP contribution in [0, 0.1) is 0 Å². The van der Waals surface area contributed by atoms with Crippen LogP contribution in [0.4, 0.5) is 0 Å². The molecule has 1 aromatic carbocycles. The first-order chi connectivity index (χ1) is 15.1. The van der Waals surface area contributed by atoms with Crippen LogP contribution in [0.5, 0.6) is 5.75 Å². The number of aromatic nitrogens is 2. The van der Waals surface area contributed by atoms with Gasteiger partial charge in [-0.3, -0.25) is 9.69 Å². The number of benzene rings is 1. The van der Waals surface area contributed by atoms with Gasteiger partial charge in [-0.1, -0.05) is 5.16 Å². The normalized spacial score (nSPS) is 20.7. The number of carbonyl (C=O) groups excluding carboxylic acids is 1. The first-order valence-corrected chi connectivity index (χ1v) is 11.4. The van der Waals surface area contributed by atoms with Crippen LogP contribution in [0.1, 0.15) is 32.1 Å². The van der Waals surface area contributed by atoms with Crippen LogP contribution < -0.4 is 4.74 Å². The molecule has 8 heteroatoms. The highest BCUT2D eigenvalue weighted by atomic mass is 16.5. The van der Waals surface area contributed by atoms with Crippen LogP contribution in [0.2, 0.25) is 0 Å². The van der Waals surface area contributed by atoms with E-state index in [0.717, 1.165) is 44.0 Å². The highest BCUT2D eigenvalue weighted by Gasteiger charge is 2.28. The van der Waals surface area contributed by atoms with Gasteiger partial charge in [-0.2, -0.15) is 4.98 Å². The Labute approximate surface area is 184 Å². The molecule has 4 rings (SSSR count). The van der Waals surface area contributed by atoms with Gasteiger partial charge in [0.2, 0.25) is 17.6 Å². The van der Waals surface area contributed by atoms with Crippen molar-refractivity contribution < 1.29 is 14.1 Å². The van der Waals surface area contributed by atoms with Gasteiger partial charge in [0.05, 0.1) is 6.61 Å². The number of carbonyl (C=O) groups is 1. The highest BCUT2D eigenvalue weighted by molar-refractivity contribution is 5.76. The molecule has 0 saturated carbocycles. The fourth-order valence-electron chi connectivity index (χ4n) is 4.49. The van der Waals surface area contributed by atoms with Gasteiger partial charge >= 0.3 is 0 Å². The molecular formula is C23H33N5O3. The number of rotatable bonds is 7. The van der Waals surface area contributed by atoms with E-state index in [2.05, 4.69) is 27.0 Å². The zero-order chi connectivity index (χ0) is 21.6. The zero-order valence-corrected chi connectivity index (χ0v) is 18.6. The van der Waals surface area contributed by atoms with Crippen LogP contribution in [0.3, 0.4) is 0 Å². The third-order valence-corrected chi connectivity index (χ3v) is 6.23. The van der Waals surface area contributed by atoms with Crippen molar-refractivity contribution in [2.24, 2.45) is 0 Å². The largest absolute Gasteiger partial charge is 0.494 e. The summed E-state index contributed by atoms with van der Waals surface area (Å²) in [5.74, 6) is 2.02. The smallest absolute Gasteiger partial charge is 0.227 e. The summed E-state index contributed by atoms with van der Waals surface area (Å²) in [6.07, 6.45) is 3.41. The molecule has 2 aliphatic heterocycles. The minimum atomic E-state index is 0.168. The van der Waals surface area contributed by atoms with Gasteiger partial charge in [0.25, 0.3) is 0 Å². The van der Waals surface area contributed by atoms with E-state index in [1.54, 1.807) is 0 Å². The number of nitrogens with zero attached hydrogens (tertiary/aromatic N) is 5. The summed E-state index contributed by atoms with van der Waals surface area (Å²) in [6.45, 7) is 8.47. The molecule has 1 aromatic heterocycles. The number of ether oxygens (including phenoxy) is 1. The minimum Gasteiger partial charge on any atom is -0.494 e. The van der Waals surface area contributed by atoms with E-state index in [9.17, 15) is 4.79 Å². The Morgan fingerprint density at radius 1 is 1.16 bits per heavy atom. The van der Waals surface area contributed by atoms with Crippen molar-refractivity contribution in [2.45, 2.75) is 38.6 Å². The SMILES string of the molecule is CCOc1ccc(-c2noc(CCC(=O)N3CCN(C4CCCN(C)C4)CC3)n2)cc1. The summed E-state index contributed by atoms with van der Waals surface area (Å²) in [4.78, 5) is 24.1. The van der Waals surface area contributed by atoms with E-state index in [0.29, 0.717) is 37.2 Å². The lowest BCUT2D eigenvalue weighted by atomic mass is 10.0. The fourth-order valence-corrected chi connectivity index (χ4v) is 4.49. The number of aryl methyl sites for hydroxylation is 1. The Morgan fingerprint density at radius 3 is 2.65 bits per heavy atom. The number of hydrogen-bond acceptors (Lipinski definition) is 7. The van der Waals surface area contributed by atoms with Crippen molar-refractivity contribution in [3.8, 4) is 17.1 Å². The van der Waals surface area contributed by atoms with Crippen molar-refractivity contribution >= 4 is 5.91 Å². The Balaban J connectivity index is 1.23. The highest BCUT2D eigenvalue weighted by Crippen LogP contribution is 2.21. The Hall–Kier alpha value is -2.45. The number of piperidine rings is 1. The summed E-state index contributed by atoms with van der Waals surface area (Å²) in [5.41, 5.74) is 0.870. The summed E-state index contributed by atoms with van der Waals surface area (Å²) in [5, 5.41) is 4.06. The number of amides is 1. The lowest BCUT2D eigenvalue weighted by Crippen LogP contribution is -2.55. The summed E-state index contributed by atoms with van der Waals surface area (Å²) >= 11 is 0. The molecule has 0 aliphatic carbocycles. The predicted octanol–water partition coefficient (Wildman–Crippen LogP) is 2.31. The minimum absolute atomic E-state index is 0.168. The van der Waals surface area contributed by atoms with Crippen molar-refractivity contribution in [1.82, 2.24) is 24.8 Å². The molecule has 31 heavy (non-hydrogen) atoms. The van der Waals surface area contributed by atoms with Gasteiger partial charge in [0, 0.05) is 57.2 Å². The molecule has 2 saturated heterocycles. The summed E-state index contributed by atoms with van der Waals surface area (Å²) < 4.78 is 10.8. The van der Waals surface area contributed by atoms with E-state index < -0.39 is 0 Å². The molecule has 0 N–H and O–H groups in total. The standard InChI is InChI=1S/C23H33N5O3/c1-3-30-20-8-6-18(7-9-20)23-24-21(31-25-23)10-11-22(29)28-15-13-27(14-16-28)19-5-4-12-26(2)17-19/h6-9,19H,3-5,10-17H2,1-2H3. The van der Waals surface area contributed by atoms with Gasteiger partial charge in [0.15, 0.2) is 0 Å². The van der Waals surface area contributed by atoms with E-state index in [1.165, 1.54) is 19.4 Å². The quantitative estimate of drug-likeness (QED) is 0.671. The maximum atomic E-state index is 12.7. The maximum absolute atomic E-state index is 12.7. The molecule has 1 atom stereocenters. The van der Waals surface area contributed by atoms with Gasteiger partial charge in [0.1, 0.15) is 5.75 Å². The van der Waals surface area contributed by atoms with Crippen molar-refractivity contribution in [1.29, 1.82) is 0 Å². The second kappa shape index (κ2) is 10.2. The lowest BCUT2D eigenvalue weighted by molar-refractivity contribution is -0.133. The molecule has 1 amide bonds. The van der Waals surface area contributed by atoms with Crippen LogP contribution in [0.25, 0.3) is 11.4 Å². The number of hydrogen-bond donors (Lipinski definition) is 0. The van der Waals surface area contributed by atoms with E-state index in [1.807, 2.05) is 36.1 Å². The number of likely N-dealkylation sites (N-methyl/N-ethyl adjacent to an activating group) is 1. The second-order valence-electron chi connectivity index (χ2n) is 8.44.